The largest absolute Gasteiger partial charge is 0.505 e. The van der Waals surface area contributed by atoms with Crippen LogP contribution in [0, 0.1) is 0 Å². The Labute approximate surface area is 94.7 Å². The van der Waals surface area contributed by atoms with E-state index in [1.54, 1.807) is 0 Å². The zero-order valence-electron chi connectivity index (χ0n) is 7.25. The van der Waals surface area contributed by atoms with Crippen molar-refractivity contribution in [2.75, 3.05) is 0 Å². The number of aldehydes is 1. The molecule has 0 atom stereocenters. The molecule has 0 radical (unpaired) electrons. The normalized spacial score (nSPS) is 9.80. The van der Waals surface area contributed by atoms with Crippen molar-refractivity contribution in [1.29, 1.82) is 0 Å². The van der Waals surface area contributed by atoms with Gasteiger partial charge < -0.3 is 5.11 Å². The number of carbonyl (C=O) groups excluding carboxylic acids is 2. The van der Waals surface area contributed by atoms with Gasteiger partial charge in [-0.1, -0.05) is 23.2 Å². The Bertz CT molecular complexity index is 434. The van der Waals surface area contributed by atoms with Crippen LogP contribution in [0.25, 0.3) is 0 Å². The van der Waals surface area contributed by atoms with E-state index < -0.39 is 11.7 Å². The molecule has 0 spiro atoms. The first-order valence-electron chi connectivity index (χ1n) is 3.70. The van der Waals surface area contributed by atoms with E-state index in [0.29, 0.717) is 6.29 Å². The van der Waals surface area contributed by atoms with Crippen molar-refractivity contribution in [3.63, 3.8) is 0 Å². The molecule has 0 aliphatic rings. The summed E-state index contributed by atoms with van der Waals surface area (Å²) in [5.41, 5.74) is 1.54. The number of halogens is 2. The van der Waals surface area contributed by atoms with E-state index in [-0.39, 0.29) is 21.2 Å². The Hall–Kier alpha value is -1.30. The Morgan fingerprint density at radius 2 is 2.13 bits per heavy atom. The summed E-state index contributed by atoms with van der Waals surface area (Å²) >= 11 is 11.2. The zero-order chi connectivity index (χ0) is 11.6. The van der Waals surface area contributed by atoms with Gasteiger partial charge in [-0.25, -0.2) is 5.84 Å². The smallest absolute Gasteiger partial charge is 0.267 e. The van der Waals surface area contributed by atoms with Crippen LogP contribution in [0.2, 0.25) is 10.0 Å². The molecule has 1 amide bonds. The van der Waals surface area contributed by atoms with Gasteiger partial charge in [0.2, 0.25) is 0 Å². The Morgan fingerprint density at radius 3 is 2.60 bits per heavy atom. The highest BCUT2D eigenvalue weighted by Crippen LogP contribution is 2.36. The lowest BCUT2D eigenvalue weighted by Crippen LogP contribution is -2.31. The van der Waals surface area contributed by atoms with Crippen LogP contribution < -0.4 is 11.3 Å². The summed E-state index contributed by atoms with van der Waals surface area (Å²) in [5.74, 6) is 3.64. The van der Waals surface area contributed by atoms with Crippen molar-refractivity contribution in [2.24, 2.45) is 5.84 Å². The van der Waals surface area contributed by atoms with Gasteiger partial charge in [-0.2, -0.15) is 0 Å². The van der Waals surface area contributed by atoms with Gasteiger partial charge in [0.05, 0.1) is 15.6 Å². The van der Waals surface area contributed by atoms with Crippen molar-refractivity contribution in [3.05, 3.63) is 27.2 Å². The van der Waals surface area contributed by atoms with Crippen LogP contribution in [-0.2, 0) is 0 Å². The van der Waals surface area contributed by atoms with Crippen molar-refractivity contribution < 1.29 is 14.7 Å². The van der Waals surface area contributed by atoms with Gasteiger partial charge in [0.15, 0.2) is 12.0 Å². The van der Waals surface area contributed by atoms with E-state index in [1.807, 2.05) is 5.43 Å². The second-order valence-electron chi connectivity index (χ2n) is 2.58. The van der Waals surface area contributed by atoms with E-state index in [1.165, 1.54) is 0 Å². The molecule has 1 rings (SSSR count). The van der Waals surface area contributed by atoms with E-state index in [9.17, 15) is 14.7 Å². The lowest BCUT2D eigenvalue weighted by atomic mass is 10.1. The molecule has 1 aromatic carbocycles. The van der Waals surface area contributed by atoms with Crippen LogP contribution in [0.15, 0.2) is 6.07 Å². The van der Waals surface area contributed by atoms with E-state index in [0.717, 1.165) is 6.07 Å². The molecular weight excluding hydrogens is 243 g/mol. The molecule has 0 saturated carbocycles. The second kappa shape index (κ2) is 4.48. The maximum atomic E-state index is 11.2. The van der Waals surface area contributed by atoms with Gasteiger partial charge in [0, 0.05) is 5.56 Å². The number of nitrogens with two attached hydrogens (primary N) is 1. The topological polar surface area (TPSA) is 92.4 Å². The van der Waals surface area contributed by atoms with Gasteiger partial charge in [-0.15, -0.1) is 0 Å². The van der Waals surface area contributed by atoms with Crippen LogP contribution in [-0.4, -0.2) is 17.3 Å². The third-order valence-corrected chi connectivity index (χ3v) is 2.37. The Balaban J connectivity index is 3.54. The maximum absolute atomic E-state index is 11.2. The number of amides is 1. The fourth-order valence-corrected chi connectivity index (χ4v) is 1.58. The minimum Gasteiger partial charge on any atom is -0.505 e. The molecule has 0 aromatic heterocycles. The third kappa shape index (κ3) is 2.04. The molecule has 0 fully saturated rings. The molecule has 0 aliphatic heterocycles. The fraction of sp³-hybridized carbons (Fsp3) is 0. The van der Waals surface area contributed by atoms with E-state index in [2.05, 4.69) is 0 Å². The summed E-state index contributed by atoms with van der Waals surface area (Å²) < 4.78 is 0. The molecule has 4 N–H and O–H groups in total. The highest BCUT2D eigenvalue weighted by molar-refractivity contribution is 6.40. The third-order valence-electron chi connectivity index (χ3n) is 1.71. The monoisotopic (exact) mass is 248 g/mol. The molecule has 0 saturated heterocycles. The molecule has 7 heteroatoms. The number of nitrogen functional groups attached to an aromatic ring is 1. The number of benzene rings is 1. The van der Waals surface area contributed by atoms with Crippen LogP contribution in [0.3, 0.4) is 0 Å². The van der Waals surface area contributed by atoms with E-state index >= 15 is 0 Å². The van der Waals surface area contributed by atoms with Gasteiger partial charge in [0.1, 0.15) is 0 Å². The van der Waals surface area contributed by atoms with Crippen molar-refractivity contribution in [1.82, 2.24) is 5.43 Å². The number of phenolic OH excluding ortho intramolecular Hbond substituents is 1. The second-order valence-corrected chi connectivity index (χ2v) is 3.36. The number of hydrazine groups is 1. The maximum Gasteiger partial charge on any atom is 0.267 e. The Morgan fingerprint density at radius 1 is 1.53 bits per heavy atom. The molecule has 5 nitrogen and oxygen atoms in total. The highest BCUT2D eigenvalue weighted by atomic mass is 35.5. The number of nitrogens with one attached hydrogen (secondary N) is 1. The molecule has 0 heterocycles. The number of rotatable bonds is 2. The molecule has 0 unspecified atom stereocenters. The zero-order valence-corrected chi connectivity index (χ0v) is 8.76. The van der Waals surface area contributed by atoms with Gasteiger partial charge in [0.25, 0.3) is 5.91 Å². The number of aromatic hydroxyl groups is 1. The summed E-state index contributed by atoms with van der Waals surface area (Å²) in [7, 11) is 0. The van der Waals surface area contributed by atoms with Crippen LogP contribution >= 0.6 is 23.2 Å². The first-order valence-corrected chi connectivity index (χ1v) is 4.45. The SMILES string of the molecule is NNC(=O)c1c(C=O)cc(Cl)c(O)c1Cl. The predicted octanol–water partition coefficient (Wildman–Crippen LogP) is 1.11. The number of carbonyl (C=O) groups is 2. The summed E-state index contributed by atoms with van der Waals surface area (Å²) in [5, 5.41) is 8.92. The average Bonchev–Trinajstić information content (AvgIpc) is 2.24. The minimum absolute atomic E-state index is 0.0502. The van der Waals surface area contributed by atoms with Crippen LogP contribution in [0.1, 0.15) is 20.7 Å². The van der Waals surface area contributed by atoms with Gasteiger partial charge in [-0.05, 0) is 6.07 Å². The van der Waals surface area contributed by atoms with Gasteiger partial charge in [-0.3, -0.25) is 15.0 Å². The first kappa shape index (κ1) is 11.8. The number of phenols is 1. The molecule has 0 bridgehead atoms. The van der Waals surface area contributed by atoms with Crippen molar-refractivity contribution in [3.8, 4) is 5.75 Å². The highest BCUT2D eigenvalue weighted by Gasteiger charge is 2.20. The summed E-state index contributed by atoms with van der Waals surface area (Å²) in [6.45, 7) is 0. The lowest BCUT2D eigenvalue weighted by molar-refractivity contribution is 0.0948. The number of hydrogen-bond donors (Lipinski definition) is 3. The van der Waals surface area contributed by atoms with Crippen molar-refractivity contribution >= 4 is 35.4 Å². The Kier molecular flexibility index (Phi) is 3.52. The van der Waals surface area contributed by atoms with E-state index in [4.69, 9.17) is 29.0 Å². The fourth-order valence-electron chi connectivity index (χ4n) is 1.02. The summed E-state index contributed by atoms with van der Waals surface area (Å²) in [4.78, 5) is 21.9. The average molecular weight is 249 g/mol. The molecule has 80 valence electrons. The number of hydrogen-bond acceptors (Lipinski definition) is 4. The minimum atomic E-state index is -0.783. The van der Waals surface area contributed by atoms with Crippen molar-refractivity contribution in [2.45, 2.75) is 0 Å². The summed E-state index contributed by atoms with van der Waals surface area (Å²) in [6.07, 6.45) is 0.391. The molecule has 15 heavy (non-hydrogen) atoms. The predicted molar refractivity (Wildman–Crippen MR) is 55.2 cm³/mol. The molecule has 1 aromatic rings. The lowest BCUT2D eigenvalue weighted by Gasteiger charge is -2.08. The first-order chi connectivity index (χ1) is 7.02. The van der Waals surface area contributed by atoms with Crippen LogP contribution in [0.4, 0.5) is 0 Å². The van der Waals surface area contributed by atoms with Crippen LogP contribution in [0.5, 0.6) is 5.75 Å². The molecular formula is C8H6Cl2N2O3. The summed E-state index contributed by atoms with van der Waals surface area (Å²) in [6, 6.07) is 1.13. The van der Waals surface area contributed by atoms with Gasteiger partial charge >= 0.3 is 0 Å². The quantitative estimate of drug-likeness (QED) is 0.317. The molecule has 0 aliphatic carbocycles. The standard InChI is InChI=1S/C8H6Cl2N2O3/c9-4-1-3(2-13)5(8(15)12-11)6(10)7(4)14/h1-2,14H,11H2,(H,12,15).